The monoisotopic (exact) mass is 198 g/mol. The number of carbonyl (C=O) groups excluding carboxylic acids is 1. The molecule has 0 aliphatic rings. The molecule has 0 aliphatic carbocycles. The Morgan fingerprint density at radius 3 is 2.71 bits per heavy atom. The minimum absolute atomic E-state index is 0.0730. The Bertz CT molecular complexity index is 219. The van der Waals surface area contributed by atoms with Gasteiger partial charge in [0, 0.05) is 27.2 Å². The third-order valence-corrected chi connectivity index (χ3v) is 1.43. The summed E-state index contributed by atoms with van der Waals surface area (Å²) in [6, 6.07) is 2.50. The molecule has 2 amide bonds. The molecule has 0 aromatic rings. The van der Waals surface area contributed by atoms with Crippen molar-refractivity contribution in [1.29, 1.82) is 0 Å². The zero-order chi connectivity index (χ0) is 10.8. The van der Waals surface area contributed by atoms with Crippen LogP contribution in [0.25, 0.3) is 0 Å². The minimum atomic E-state index is -0.0730. The SMILES string of the molecule is CCN=C=NCCCNC(=O)N(C)C. The molecule has 0 saturated heterocycles. The number of hydrogen-bond donors (Lipinski definition) is 1. The smallest absolute Gasteiger partial charge is 0.316 e. The quantitative estimate of drug-likeness (QED) is 0.516. The van der Waals surface area contributed by atoms with Gasteiger partial charge in [0.05, 0.1) is 12.6 Å². The lowest BCUT2D eigenvalue weighted by Gasteiger charge is -2.10. The summed E-state index contributed by atoms with van der Waals surface area (Å²) in [6.45, 7) is 3.92. The summed E-state index contributed by atoms with van der Waals surface area (Å²) in [4.78, 5) is 20.3. The van der Waals surface area contributed by atoms with Gasteiger partial charge in [0.25, 0.3) is 0 Å². The number of nitrogens with zero attached hydrogens (tertiary/aromatic N) is 3. The van der Waals surface area contributed by atoms with E-state index in [1.54, 1.807) is 14.1 Å². The minimum Gasteiger partial charge on any atom is -0.338 e. The molecule has 0 fully saturated rings. The molecule has 80 valence electrons. The van der Waals surface area contributed by atoms with Crippen molar-refractivity contribution in [2.45, 2.75) is 13.3 Å². The van der Waals surface area contributed by atoms with Crippen LogP contribution in [0.5, 0.6) is 0 Å². The first-order valence-corrected chi connectivity index (χ1v) is 4.71. The number of hydrogen-bond acceptors (Lipinski definition) is 3. The summed E-state index contributed by atoms with van der Waals surface area (Å²) in [5.41, 5.74) is 0. The lowest BCUT2D eigenvalue weighted by atomic mass is 10.4. The number of nitrogens with one attached hydrogen (secondary N) is 1. The maximum absolute atomic E-state index is 11.0. The van der Waals surface area contributed by atoms with Crippen molar-refractivity contribution in [3.63, 3.8) is 0 Å². The Balaban J connectivity index is 3.39. The second-order valence-electron chi connectivity index (χ2n) is 2.94. The Morgan fingerprint density at radius 1 is 1.43 bits per heavy atom. The highest BCUT2D eigenvalue weighted by molar-refractivity contribution is 5.73. The normalized spacial score (nSPS) is 8.79. The van der Waals surface area contributed by atoms with Crippen LogP contribution in [0, 0.1) is 0 Å². The molecule has 5 heteroatoms. The summed E-state index contributed by atoms with van der Waals surface area (Å²) >= 11 is 0. The summed E-state index contributed by atoms with van der Waals surface area (Å²) in [5, 5.41) is 2.74. The van der Waals surface area contributed by atoms with Gasteiger partial charge in [-0.05, 0) is 13.3 Å². The van der Waals surface area contributed by atoms with E-state index in [4.69, 9.17) is 0 Å². The van der Waals surface area contributed by atoms with Gasteiger partial charge in [-0.3, -0.25) is 0 Å². The maximum Gasteiger partial charge on any atom is 0.316 e. The fraction of sp³-hybridized carbons (Fsp3) is 0.778. The van der Waals surface area contributed by atoms with E-state index in [0.717, 1.165) is 6.42 Å². The van der Waals surface area contributed by atoms with E-state index in [9.17, 15) is 4.79 Å². The van der Waals surface area contributed by atoms with E-state index in [0.29, 0.717) is 19.6 Å². The van der Waals surface area contributed by atoms with Crippen LogP contribution in [0.3, 0.4) is 0 Å². The summed E-state index contributed by atoms with van der Waals surface area (Å²) < 4.78 is 0. The van der Waals surface area contributed by atoms with Crippen molar-refractivity contribution in [1.82, 2.24) is 10.2 Å². The van der Waals surface area contributed by atoms with Gasteiger partial charge in [-0.2, -0.15) is 0 Å². The van der Waals surface area contributed by atoms with Gasteiger partial charge in [-0.1, -0.05) is 0 Å². The summed E-state index contributed by atoms with van der Waals surface area (Å²) in [6.07, 6.45) is 0.811. The lowest BCUT2D eigenvalue weighted by Crippen LogP contribution is -2.35. The number of aliphatic imine (C=N–C) groups is 2. The maximum atomic E-state index is 11.0. The van der Waals surface area contributed by atoms with Crippen LogP contribution in [0.1, 0.15) is 13.3 Å². The molecule has 0 radical (unpaired) electrons. The Kier molecular flexibility index (Phi) is 7.46. The van der Waals surface area contributed by atoms with Crippen molar-refractivity contribution < 1.29 is 4.79 Å². The fourth-order valence-corrected chi connectivity index (χ4v) is 0.682. The van der Waals surface area contributed by atoms with Gasteiger partial charge in [0.15, 0.2) is 0 Å². The number of carbonyl (C=O) groups is 1. The van der Waals surface area contributed by atoms with Crippen molar-refractivity contribution in [2.24, 2.45) is 9.98 Å². The fourth-order valence-electron chi connectivity index (χ4n) is 0.682. The average molecular weight is 198 g/mol. The van der Waals surface area contributed by atoms with Crippen LogP contribution in [-0.4, -0.2) is 50.7 Å². The second kappa shape index (κ2) is 8.26. The van der Waals surface area contributed by atoms with Crippen LogP contribution in [0.15, 0.2) is 9.98 Å². The molecule has 0 atom stereocenters. The van der Waals surface area contributed by atoms with E-state index < -0.39 is 0 Å². The van der Waals surface area contributed by atoms with E-state index in [2.05, 4.69) is 21.3 Å². The molecule has 0 aliphatic heterocycles. The summed E-state index contributed by atoms with van der Waals surface area (Å²) in [7, 11) is 3.42. The van der Waals surface area contributed by atoms with E-state index in [-0.39, 0.29) is 6.03 Å². The van der Waals surface area contributed by atoms with Crippen LogP contribution in [-0.2, 0) is 0 Å². The van der Waals surface area contributed by atoms with Crippen LogP contribution in [0.4, 0.5) is 4.79 Å². The van der Waals surface area contributed by atoms with Gasteiger partial charge in [0.2, 0.25) is 0 Å². The van der Waals surface area contributed by atoms with Crippen LogP contribution in [0.2, 0.25) is 0 Å². The number of amides is 2. The molecule has 0 aromatic heterocycles. The molecule has 0 heterocycles. The molecular weight excluding hydrogens is 180 g/mol. The highest BCUT2D eigenvalue weighted by Crippen LogP contribution is 1.80. The average Bonchev–Trinajstić information content (AvgIpc) is 2.16. The van der Waals surface area contributed by atoms with Crippen molar-refractivity contribution in [3.05, 3.63) is 0 Å². The lowest BCUT2D eigenvalue weighted by molar-refractivity contribution is 0.217. The molecule has 0 aromatic carbocycles. The first kappa shape index (κ1) is 12.7. The van der Waals surface area contributed by atoms with Gasteiger partial charge >= 0.3 is 6.03 Å². The first-order chi connectivity index (χ1) is 6.68. The number of urea groups is 1. The Labute approximate surface area is 84.9 Å². The zero-order valence-corrected chi connectivity index (χ0v) is 9.08. The number of rotatable bonds is 5. The van der Waals surface area contributed by atoms with E-state index >= 15 is 0 Å². The molecule has 0 unspecified atom stereocenters. The van der Waals surface area contributed by atoms with E-state index in [1.165, 1.54) is 4.90 Å². The van der Waals surface area contributed by atoms with Gasteiger partial charge < -0.3 is 10.2 Å². The molecule has 5 nitrogen and oxygen atoms in total. The highest BCUT2D eigenvalue weighted by atomic mass is 16.2. The molecule has 0 rings (SSSR count). The van der Waals surface area contributed by atoms with Crippen LogP contribution < -0.4 is 5.32 Å². The van der Waals surface area contributed by atoms with Gasteiger partial charge in [-0.15, -0.1) is 0 Å². The Hall–Kier alpha value is -1.35. The molecular formula is C9H18N4O. The van der Waals surface area contributed by atoms with Gasteiger partial charge in [0.1, 0.15) is 0 Å². The summed E-state index contributed by atoms with van der Waals surface area (Å²) in [5.74, 6) is 0. The standard InChI is InChI=1S/C9H18N4O/c1-4-10-8-11-6-5-7-12-9(14)13(2)3/h4-7H2,1-3H3,(H,12,14). The molecule has 0 bridgehead atoms. The van der Waals surface area contributed by atoms with Crippen molar-refractivity contribution in [3.8, 4) is 0 Å². The third-order valence-electron chi connectivity index (χ3n) is 1.43. The molecule has 1 N–H and O–H groups in total. The van der Waals surface area contributed by atoms with Crippen molar-refractivity contribution >= 4 is 12.0 Å². The highest BCUT2D eigenvalue weighted by Gasteiger charge is 1.99. The zero-order valence-electron chi connectivity index (χ0n) is 9.08. The topological polar surface area (TPSA) is 57.1 Å². The first-order valence-electron chi connectivity index (χ1n) is 4.71. The molecule has 14 heavy (non-hydrogen) atoms. The Morgan fingerprint density at radius 2 is 2.14 bits per heavy atom. The molecule has 0 spiro atoms. The van der Waals surface area contributed by atoms with E-state index in [1.807, 2.05) is 6.92 Å². The predicted octanol–water partition coefficient (Wildman–Crippen LogP) is 0.842. The second-order valence-corrected chi connectivity index (χ2v) is 2.94. The third kappa shape index (κ3) is 7.31. The van der Waals surface area contributed by atoms with Crippen molar-refractivity contribution in [2.75, 3.05) is 33.7 Å². The molecule has 0 saturated carbocycles. The van der Waals surface area contributed by atoms with Crippen LogP contribution >= 0.6 is 0 Å². The van der Waals surface area contributed by atoms with Gasteiger partial charge in [-0.25, -0.2) is 14.8 Å². The predicted molar refractivity (Wildman–Crippen MR) is 57.0 cm³/mol. The largest absolute Gasteiger partial charge is 0.338 e.